The minimum absolute atomic E-state index is 0.0767. The lowest BCUT2D eigenvalue weighted by Crippen LogP contribution is -2.47. The number of carbonyl (C=O) groups excluding carboxylic acids is 2. The minimum Gasteiger partial charge on any atom is -0.382 e. The Morgan fingerprint density at radius 3 is 2.42 bits per heavy atom. The molecule has 4 aliphatic carbocycles. The highest BCUT2D eigenvalue weighted by molar-refractivity contribution is 6.06. The Bertz CT molecular complexity index is 1860. The number of hydrogen-bond donors (Lipinski definition) is 5. The number of benzene rings is 1. The summed E-state index contributed by atoms with van der Waals surface area (Å²) in [7, 11) is 0. The first-order valence-corrected chi connectivity index (χ1v) is 19.1. The Morgan fingerprint density at radius 1 is 1.02 bits per heavy atom. The lowest BCUT2D eigenvalue weighted by molar-refractivity contribution is -0.122. The Morgan fingerprint density at radius 2 is 1.77 bits per heavy atom. The summed E-state index contributed by atoms with van der Waals surface area (Å²) in [5.74, 6) is 3.40. The normalized spacial score (nSPS) is 23.6. The van der Waals surface area contributed by atoms with Crippen LogP contribution >= 0.6 is 0 Å². The van der Waals surface area contributed by atoms with E-state index in [0.29, 0.717) is 34.2 Å². The molecule has 5 fully saturated rings. The zero-order valence-corrected chi connectivity index (χ0v) is 31.1. The van der Waals surface area contributed by atoms with Gasteiger partial charge in [0.1, 0.15) is 5.82 Å². The van der Waals surface area contributed by atoms with Crippen molar-refractivity contribution in [3.63, 3.8) is 0 Å². The van der Waals surface area contributed by atoms with Crippen molar-refractivity contribution in [1.29, 1.82) is 5.41 Å². The number of aromatic amines is 1. The molecule has 5 aliphatic rings. The highest BCUT2D eigenvalue weighted by Gasteiger charge is 2.57. The molecule has 2 atom stereocenters. The molecule has 2 unspecified atom stereocenters. The van der Waals surface area contributed by atoms with Crippen LogP contribution in [0.5, 0.6) is 0 Å². The van der Waals surface area contributed by atoms with Crippen molar-refractivity contribution in [3.05, 3.63) is 74.8 Å². The van der Waals surface area contributed by atoms with Gasteiger partial charge in [-0.15, -0.1) is 0 Å². The van der Waals surface area contributed by atoms with Crippen molar-refractivity contribution in [2.24, 2.45) is 23.2 Å². The molecule has 1 aromatic carbocycles. The van der Waals surface area contributed by atoms with Crippen molar-refractivity contribution in [2.45, 2.75) is 78.8 Å². The Labute approximate surface area is 306 Å². The molecular formula is C41H54N8O3. The van der Waals surface area contributed by atoms with Gasteiger partial charge in [0.15, 0.2) is 0 Å². The topological polar surface area (TPSA) is 146 Å². The van der Waals surface area contributed by atoms with E-state index in [1.807, 2.05) is 58.2 Å². The number of nitrogens with zero attached hydrogens (tertiary/aromatic N) is 3. The van der Waals surface area contributed by atoms with Gasteiger partial charge in [0.05, 0.1) is 5.56 Å². The van der Waals surface area contributed by atoms with E-state index >= 15 is 0 Å². The molecule has 2 amide bonds. The molecule has 52 heavy (non-hydrogen) atoms. The van der Waals surface area contributed by atoms with Crippen molar-refractivity contribution in [1.82, 2.24) is 25.5 Å². The van der Waals surface area contributed by atoms with Gasteiger partial charge in [-0.2, -0.15) is 0 Å². The second-order valence-electron chi connectivity index (χ2n) is 16.2. The smallest absolute Gasteiger partial charge is 0.253 e. The zero-order valence-electron chi connectivity index (χ0n) is 31.1. The summed E-state index contributed by atoms with van der Waals surface area (Å²) in [6.45, 7) is 12.9. The van der Waals surface area contributed by atoms with E-state index in [1.54, 1.807) is 6.07 Å². The van der Waals surface area contributed by atoms with E-state index in [0.717, 1.165) is 85.2 Å². The molecule has 11 nitrogen and oxygen atoms in total. The van der Waals surface area contributed by atoms with Crippen LogP contribution < -0.4 is 26.4 Å². The van der Waals surface area contributed by atoms with Crippen LogP contribution in [0.4, 0.5) is 11.5 Å². The standard InChI is InChI=1S/C41H54N8O3/c1-25(2)46-36-18-31(17-33(34(36)21-42)39(51)44-23-35-26(3)13-27(4)47-40(35)52)30-5-6-37(43-22-30)49-11-9-48(10-12-49)8-7-38(50)45-24-41-19-28-14-29(20-41)16-32(41)15-28/h5-6,13,17-18,21-22,25,28-29,32,42,46H,7-12,14-16,19-20,23-24H2,1-4H3,(H,44,51)(H,45,50)(H,47,52). The molecule has 4 bridgehead atoms. The minimum atomic E-state index is -0.362. The number of piperazine rings is 1. The fraction of sp³-hybridized carbons (Fsp3) is 0.537. The van der Waals surface area contributed by atoms with Gasteiger partial charge < -0.3 is 31.2 Å². The monoisotopic (exact) mass is 706 g/mol. The van der Waals surface area contributed by atoms with E-state index < -0.39 is 0 Å². The number of anilines is 2. The third kappa shape index (κ3) is 7.51. The number of amides is 2. The van der Waals surface area contributed by atoms with Crippen LogP contribution in [-0.2, 0) is 11.3 Å². The third-order valence-electron chi connectivity index (χ3n) is 12.2. The third-order valence-corrected chi connectivity index (χ3v) is 12.2. The lowest BCUT2D eigenvalue weighted by Gasteiger charge is -2.35. The Balaban J connectivity index is 0.958. The molecule has 0 radical (unpaired) electrons. The predicted molar refractivity (Wildman–Crippen MR) is 206 cm³/mol. The number of pyridine rings is 2. The summed E-state index contributed by atoms with van der Waals surface area (Å²) in [6.07, 6.45) is 10.5. The first-order chi connectivity index (χ1) is 25.0. The van der Waals surface area contributed by atoms with E-state index in [4.69, 9.17) is 10.4 Å². The number of hydrogen-bond acceptors (Lipinski definition) is 8. The first-order valence-electron chi connectivity index (χ1n) is 19.1. The highest BCUT2D eigenvalue weighted by Crippen LogP contribution is 2.65. The van der Waals surface area contributed by atoms with Gasteiger partial charge >= 0.3 is 0 Å². The van der Waals surface area contributed by atoms with Crippen LogP contribution in [0.1, 0.15) is 85.1 Å². The first kappa shape index (κ1) is 35.9. The van der Waals surface area contributed by atoms with Crippen LogP contribution in [0.2, 0.25) is 0 Å². The summed E-state index contributed by atoms with van der Waals surface area (Å²) in [6, 6.07) is 9.76. The number of rotatable bonds is 13. The fourth-order valence-electron chi connectivity index (χ4n) is 9.78. The SMILES string of the molecule is Cc1cc(C)c(CNC(=O)c2cc(-c3ccc(N4CCN(CCC(=O)NCC56CC7CC(CC5C7)C6)CC4)nc3)cc(NC(C)C)c2C=N)c(=O)[nH]1. The Kier molecular flexibility index (Phi) is 10.2. The summed E-state index contributed by atoms with van der Waals surface area (Å²) >= 11 is 0. The van der Waals surface area contributed by atoms with E-state index in [2.05, 4.69) is 30.7 Å². The van der Waals surface area contributed by atoms with Gasteiger partial charge in [0.2, 0.25) is 5.91 Å². The molecule has 5 N–H and O–H groups in total. The van der Waals surface area contributed by atoms with E-state index in [9.17, 15) is 14.4 Å². The average Bonchev–Trinajstić information content (AvgIpc) is 3.51. The molecule has 4 saturated carbocycles. The lowest BCUT2D eigenvalue weighted by atomic mass is 9.75. The van der Waals surface area contributed by atoms with Gasteiger partial charge in [-0.25, -0.2) is 4.98 Å². The zero-order chi connectivity index (χ0) is 36.6. The second kappa shape index (κ2) is 14.8. The quantitative estimate of drug-likeness (QED) is 0.153. The largest absolute Gasteiger partial charge is 0.382 e. The fourth-order valence-corrected chi connectivity index (χ4v) is 9.78. The van der Waals surface area contributed by atoms with Crippen LogP contribution in [0.25, 0.3) is 11.1 Å². The summed E-state index contributed by atoms with van der Waals surface area (Å²) in [5, 5.41) is 17.8. The summed E-state index contributed by atoms with van der Waals surface area (Å²) in [4.78, 5) is 51.3. The van der Waals surface area contributed by atoms with Crippen LogP contribution in [0.15, 0.2) is 41.3 Å². The Hall–Kier alpha value is -4.51. The molecule has 11 heteroatoms. The van der Waals surface area contributed by atoms with E-state index in [1.165, 1.54) is 38.3 Å². The van der Waals surface area contributed by atoms with Gasteiger partial charge in [-0.3, -0.25) is 19.3 Å². The number of aryl methyl sites for hydroxylation is 2. The van der Waals surface area contributed by atoms with Crippen molar-refractivity contribution in [3.8, 4) is 11.1 Å². The molecule has 3 aromatic rings. The second-order valence-corrected chi connectivity index (χ2v) is 16.2. The molecule has 276 valence electrons. The molecular weight excluding hydrogens is 653 g/mol. The van der Waals surface area contributed by atoms with Crippen molar-refractivity contribution >= 4 is 29.5 Å². The van der Waals surface area contributed by atoms with Crippen LogP contribution in [-0.4, -0.2) is 78.2 Å². The molecule has 1 saturated heterocycles. The summed E-state index contributed by atoms with van der Waals surface area (Å²) in [5.41, 5.74) is 5.44. The predicted octanol–water partition coefficient (Wildman–Crippen LogP) is 5.26. The molecule has 8 rings (SSSR count). The maximum Gasteiger partial charge on any atom is 0.253 e. The summed E-state index contributed by atoms with van der Waals surface area (Å²) < 4.78 is 0. The van der Waals surface area contributed by atoms with Crippen molar-refractivity contribution in [2.75, 3.05) is 49.5 Å². The number of aromatic nitrogens is 2. The van der Waals surface area contributed by atoms with Gasteiger partial charge in [0, 0.05) is 98.8 Å². The van der Waals surface area contributed by atoms with Crippen molar-refractivity contribution < 1.29 is 9.59 Å². The number of carbonyl (C=O) groups is 2. The highest BCUT2D eigenvalue weighted by atomic mass is 16.2. The van der Waals surface area contributed by atoms with E-state index in [-0.39, 0.29) is 30.0 Å². The maximum atomic E-state index is 13.6. The average molecular weight is 707 g/mol. The maximum absolute atomic E-state index is 13.6. The molecule has 2 aromatic heterocycles. The van der Waals surface area contributed by atoms with Gasteiger partial charge in [-0.05, 0) is 124 Å². The van der Waals surface area contributed by atoms with Gasteiger partial charge in [-0.1, -0.05) is 0 Å². The van der Waals surface area contributed by atoms with Gasteiger partial charge in [0.25, 0.3) is 11.5 Å². The molecule has 1 aliphatic heterocycles. The number of H-pyrrole nitrogens is 1. The molecule has 3 heterocycles. The van der Waals surface area contributed by atoms with Crippen LogP contribution in [0.3, 0.4) is 0 Å². The number of nitrogens with one attached hydrogen (secondary N) is 5. The molecule has 0 spiro atoms. The van der Waals surface area contributed by atoms with Crippen LogP contribution in [0, 0.1) is 42.4 Å².